The molecule has 33 heavy (non-hydrogen) atoms. The molecule has 1 aromatic carbocycles. The molecular formula is C27H41N3O3. The zero-order valence-corrected chi connectivity index (χ0v) is 20.6. The highest BCUT2D eigenvalue weighted by molar-refractivity contribution is 5.79. The highest BCUT2D eigenvalue weighted by Crippen LogP contribution is 2.50. The lowest BCUT2D eigenvalue weighted by Gasteiger charge is -2.52. The van der Waals surface area contributed by atoms with Gasteiger partial charge in [-0.15, -0.1) is 0 Å². The lowest BCUT2D eigenvalue weighted by Crippen LogP contribution is -2.57. The third-order valence-corrected chi connectivity index (χ3v) is 8.51. The summed E-state index contributed by atoms with van der Waals surface area (Å²) >= 11 is 0. The summed E-state index contributed by atoms with van der Waals surface area (Å²) in [6.07, 6.45) is 7.66. The van der Waals surface area contributed by atoms with Gasteiger partial charge in [-0.05, 0) is 63.0 Å². The molecule has 3 fully saturated rings. The number of nitrogens with zero attached hydrogens (tertiary/aromatic N) is 3. The zero-order chi connectivity index (χ0) is 23.6. The van der Waals surface area contributed by atoms with E-state index in [2.05, 4.69) is 61.0 Å². The van der Waals surface area contributed by atoms with Crippen LogP contribution in [-0.4, -0.2) is 70.6 Å². The lowest BCUT2D eigenvalue weighted by atomic mass is 9.67. The van der Waals surface area contributed by atoms with Gasteiger partial charge < -0.3 is 14.9 Å². The SMILES string of the molecule is CC(C)CN(C)C1(c2ccccc2)CCC2(CC1)CN(CCC(=O)O)C(=O)N2CC1CCC1. The molecule has 1 saturated heterocycles. The number of benzene rings is 1. The van der Waals surface area contributed by atoms with E-state index in [1.54, 1.807) is 0 Å². The van der Waals surface area contributed by atoms with E-state index in [-0.39, 0.29) is 23.5 Å². The summed E-state index contributed by atoms with van der Waals surface area (Å²) < 4.78 is 0. The third kappa shape index (κ3) is 4.77. The number of urea groups is 1. The normalized spacial score (nSPS) is 28.2. The maximum absolute atomic E-state index is 13.4. The molecule has 1 aromatic rings. The van der Waals surface area contributed by atoms with Crippen molar-refractivity contribution in [1.82, 2.24) is 14.7 Å². The maximum Gasteiger partial charge on any atom is 0.320 e. The molecule has 0 unspecified atom stereocenters. The molecule has 4 rings (SSSR count). The van der Waals surface area contributed by atoms with Crippen molar-refractivity contribution in [3.8, 4) is 0 Å². The number of carboxylic acids is 1. The molecule has 0 aromatic heterocycles. The van der Waals surface area contributed by atoms with Gasteiger partial charge in [0.2, 0.25) is 0 Å². The van der Waals surface area contributed by atoms with Crippen molar-refractivity contribution in [3.05, 3.63) is 35.9 Å². The van der Waals surface area contributed by atoms with E-state index in [1.165, 1.54) is 24.8 Å². The molecule has 1 N–H and O–H groups in total. The van der Waals surface area contributed by atoms with Crippen LogP contribution < -0.4 is 0 Å². The fourth-order valence-electron chi connectivity index (χ4n) is 6.41. The predicted molar refractivity (Wildman–Crippen MR) is 130 cm³/mol. The molecule has 1 heterocycles. The summed E-state index contributed by atoms with van der Waals surface area (Å²) in [4.78, 5) is 31.2. The van der Waals surface area contributed by atoms with Gasteiger partial charge >= 0.3 is 12.0 Å². The highest BCUT2D eigenvalue weighted by atomic mass is 16.4. The fraction of sp³-hybridized carbons (Fsp3) is 0.704. The number of carboxylic acid groups (broad SMARTS) is 1. The highest BCUT2D eigenvalue weighted by Gasteiger charge is 2.55. The lowest BCUT2D eigenvalue weighted by molar-refractivity contribution is -0.137. The second-order valence-electron chi connectivity index (χ2n) is 11.2. The summed E-state index contributed by atoms with van der Waals surface area (Å²) in [7, 11) is 2.26. The summed E-state index contributed by atoms with van der Waals surface area (Å²) in [5.41, 5.74) is 1.19. The van der Waals surface area contributed by atoms with Crippen LogP contribution in [0, 0.1) is 11.8 Å². The Bertz CT molecular complexity index is 828. The van der Waals surface area contributed by atoms with E-state index >= 15 is 0 Å². The van der Waals surface area contributed by atoms with E-state index in [1.807, 2.05) is 4.90 Å². The van der Waals surface area contributed by atoms with Gasteiger partial charge in [0.25, 0.3) is 0 Å². The van der Waals surface area contributed by atoms with Crippen LogP contribution in [0.25, 0.3) is 0 Å². The van der Waals surface area contributed by atoms with Gasteiger partial charge in [-0.1, -0.05) is 50.6 Å². The number of hydrogen-bond acceptors (Lipinski definition) is 3. The largest absolute Gasteiger partial charge is 0.481 e. The minimum Gasteiger partial charge on any atom is -0.481 e. The Morgan fingerprint density at radius 3 is 2.36 bits per heavy atom. The molecule has 1 aliphatic heterocycles. The summed E-state index contributed by atoms with van der Waals surface area (Å²) in [5, 5.41) is 9.19. The van der Waals surface area contributed by atoms with Crippen molar-refractivity contribution in [2.75, 3.05) is 33.2 Å². The predicted octanol–water partition coefficient (Wildman–Crippen LogP) is 4.79. The van der Waals surface area contributed by atoms with Crippen molar-refractivity contribution in [2.24, 2.45) is 11.8 Å². The Balaban J connectivity index is 1.58. The van der Waals surface area contributed by atoms with E-state index in [0.717, 1.165) is 38.8 Å². The summed E-state index contributed by atoms with van der Waals surface area (Å²) in [6.45, 7) is 7.41. The van der Waals surface area contributed by atoms with Gasteiger partial charge in [0.05, 0.1) is 12.0 Å². The molecule has 2 saturated carbocycles. The van der Waals surface area contributed by atoms with Crippen molar-refractivity contribution < 1.29 is 14.7 Å². The topological polar surface area (TPSA) is 64.1 Å². The van der Waals surface area contributed by atoms with Gasteiger partial charge in [-0.2, -0.15) is 0 Å². The molecule has 3 aliphatic rings. The van der Waals surface area contributed by atoms with Crippen LogP contribution in [0.3, 0.4) is 0 Å². The zero-order valence-electron chi connectivity index (χ0n) is 20.6. The van der Waals surface area contributed by atoms with Crippen LogP contribution in [0.15, 0.2) is 30.3 Å². The monoisotopic (exact) mass is 455 g/mol. The van der Waals surface area contributed by atoms with Crippen LogP contribution in [-0.2, 0) is 10.3 Å². The Morgan fingerprint density at radius 2 is 1.82 bits per heavy atom. The Hall–Kier alpha value is -2.08. The Kier molecular flexibility index (Phi) is 7.04. The molecule has 0 atom stereocenters. The molecule has 1 spiro atoms. The van der Waals surface area contributed by atoms with Gasteiger partial charge in [-0.25, -0.2) is 4.79 Å². The molecule has 0 bridgehead atoms. The summed E-state index contributed by atoms with van der Waals surface area (Å²) in [5.74, 6) is 0.354. The van der Waals surface area contributed by atoms with E-state index in [4.69, 9.17) is 0 Å². The van der Waals surface area contributed by atoms with E-state index < -0.39 is 5.97 Å². The first-order valence-corrected chi connectivity index (χ1v) is 12.8. The number of carbonyl (C=O) groups excluding carboxylic acids is 1. The number of rotatable bonds is 9. The van der Waals surface area contributed by atoms with Crippen LogP contribution in [0.2, 0.25) is 0 Å². The molecular weight excluding hydrogens is 414 g/mol. The average molecular weight is 456 g/mol. The van der Waals surface area contributed by atoms with Gasteiger partial charge in [0, 0.05) is 31.7 Å². The summed E-state index contributed by atoms with van der Waals surface area (Å²) in [6, 6.07) is 11.0. The van der Waals surface area contributed by atoms with Gasteiger partial charge in [-0.3, -0.25) is 9.69 Å². The first-order valence-electron chi connectivity index (χ1n) is 12.8. The Labute approximate surface area is 198 Å². The number of amides is 2. The number of carbonyl (C=O) groups is 2. The third-order valence-electron chi connectivity index (χ3n) is 8.51. The van der Waals surface area contributed by atoms with Gasteiger partial charge in [0.1, 0.15) is 0 Å². The average Bonchev–Trinajstić information content (AvgIpc) is 3.00. The molecule has 6 nitrogen and oxygen atoms in total. The fourth-order valence-corrected chi connectivity index (χ4v) is 6.41. The van der Waals surface area contributed by atoms with Gasteiger partial charge in [0.15, 0.2) is 0 Å². The molecule has 0 radical (unpaired) electrons. The number of aliphatic carboxylic acids is 1. The second-order valence-corrected chi connectivity index (χ2v) is 11.2. The van der Waals surface area contributed by atoms with E-state index in [0.29, 0.717) is 24.9 Å². The van der Waals surface area contributed by atoms with Crippen LogP contribution >= 0.6 is 0 Å². The maximum atomic E-state index is 13.4. The standard InChI is InChI=1S/C27H41N3O3/c1-21(2)18-28(3)27(23-10-5-4-6-11-23)15-13-26(14-16-27)20-29(17-12-24(31)32)25(33)30(26)19-22-8-7-9-22/h4-6,10-11,21-22H,7-9,12-20H2,1-3H3,(H,31,32). The minimum atomic E-state index is -0.837. The quantitative estimate of drug-likeness (QED) is 0.581. The second kappa shape index (κ2) is 9.65. The minimum absolute atomic E-state index is 0.0174. The van der Waals surface area contributed by atoms with Crippen LogP contribution in [0.4, 0.5) is 4.79 Å². The van der Waals surface area contributed by atoms with Crippen molar-refractivity contribution in [3.63, 3.8) is 0 Å². The van der Waals surface area contributed by atoms with Crippen LogP contribution in [0.1, 0.15) is 70.8 Å². The Morgan fingerprint density at radius 1 is 1.15 bits per heavy atom. The van der Waals surface area contributed by atoms with Crippen molar-refractivity contribution in [1.29, 1.82) is 0 Å². The first-order chi connectivity index (χ1) is 15.8. The smallest absolute Gasteiger partial charge is 0.320 e. The first kappa shape index (κ1) is 24.1. The molecule has 182 valence electrons. The molecule has 6 heteroatoms. The molecule has 2 amide bonds. The van der Waals surface area contributed by atoms with E-state index in [9.17, 15) is 14.7 Å². The van der Waals surface area contributed by atoms with Crippen LogP contribution in [0.5, 0.6) is 0 Å². The van der Waals surface area contributed by atoms with Crippen molar-refractivity contribution in [2.45, 2.75) is 76.3 Å². The molecule has 2 aliphatic carbocycles. The van der Waals surface area contributed by atoms with Crippen molar-refractivity contribution >= 4 is 12.0 Å². The number of hydrogen-bond donors (Lipinski definition) is 1.